The Morgan fingerprint density at radius 3 is 2.85 bits per heavy atom. The van der Waals surface area contributed by atoms with Crippen LogP contribution in [-0.4, -0.2) is 24.4 Å². The molecule has 1 rings (SSSR count). The lowest BCUT2D eigenvalue weighted by atomic mass is 10.2. The van der Waals surface area contributed by atoms with Crippen molar-refractivity contribution in [1.82, 2.24) is 0 Å². The Morgan fingerprint density at radius 1 is 1.69 bits per heavy atom. The molecule has 1 fully saturated rings. The summed E-state index contributed by atoms with van der Waals surface area (Å²) in [6.07, 6.45) is -0.229. The summed E-state index contributed by atoms with van der Waals surface area (Å²) in [5, 5.41) is 3.31. The van der Waals surface area contributed by atoms with Gasteiger partial charge in [-0.05, 0) is 12.0 Å². The van der Waals surface area contributed by atoms with Gasteiger partial charge in [-0.1, -0.05) is 5.11 Å². The van der Waals surface area contributed by atoms with Crippen molar-refractivity contribution in [2.75, 3.05) is 6.54 Å². The summed E-state index contributed by atoms with van der Waals surface area (Å²) in [6.45, 7) is 3.57. The van der Waals surface area contributed by atoms with Crippen LogP contribution in [0.3, 0.4) is 0 Å². The minimum Gasteiger partial charge on any atom is -0.432 e. The van der Waals surface area contributed by atoms with Gasteiger partial charge in [0.05, 0.1) is 0 Å². The standard InChI is InChI=1S/C7H11N3O3/c1-7(2)12-5(6(11)13-7)3-4-9-10-8/h5H,3-4H2,1-2H3/t5-/m0/s1. The molecule has 0 saturated carbocycles. The molecule has 1 atom stereocenters. The van der Waals surface area contributed by atoms with Crippen LogP contribution in [0.25, 0.3) is 10.4 Å². The number of hydrogen-bond donors (Lipinski definition) is 0. The molecule has 0 bridgehead atoms. The monoisotopic (exact) mass is 185 g/mol. The number of nitrogens with zero attached hydrogens (tertiary/aromatic N) is 3. The number of rotatable bonds is 3. The Kier molecular flexibility index (Phi) is 2.75. The van der Waals surface area contributed by atoms with Crippen LogP contribution in [0.5, 0.6) is 0 Å². The van der Waals surface area contributed by atoms with Crippen molar-refractivity contribution < 1.29 is 14.3 Å². The highest BCUT2D eigenvalue weighted by Crippen LogP contribution is 2.25. The number of cyclic esters (lactones) is 1. The van der Waals surface area contributed by atoms with Crippen LogP contribution in [0.4, 0.5) is 0 Å². The molecular formula is C7H11N3O3. The third-order valence-corrected chi connectivity index (χ3v) is 1.59. The minimum absolute atomic E-state index is 0.242. The van der Waals surface area contributed by atoms with Crippen molar-refractivity contribution in [3.63, 3.8) is 0 Å². The molecule has 1 aliphatic rings. The topological polar surface area (TPSA) is 84.3 Å². The molecule has 13 heavy (non-hydrogen) atoms. The van der Waals surface area contributed by atoms with E-state index in [4.69, 9.17) is 15.0 Å². The fraction of sp³-hybridized carbons (Fsp3) is 0.857. The van der Waals surface area contributed by atoms with Gasteiger partial charge >= 0.3 is 5.97 Å². The molecule has 6 nitrogen and oxygen atoms in total. The maximum absolute atomic E-state index is 11.1. The molecule has 0 radical (unpaired) electrons. The fourth-order valence-electron chi connectivity index (χ4n) is 1.12. The highest BCUT2D eigenvalue weighted by atomic mass is 16.8. The molecule has 72 valence electrons. The average Bonchev–Trinajstić information content (AvgIpc) is 2.25. The molecule has 0 unspecified atom stereocenters. The van der Waals surface area contributed by atoms with Gasteiger partial charge in [0.15, 0.2) is 6.10 Å². The van der Waals surface area contributed by atoms with Gasteiger partial charge in [0.25, 0.3) is 0 Å². The normalized spacial score (nSPS) is 25.1. The molecule has 0 spiro atoms. The third-order valence-electron chi connectivity index (χ3n) is 1.59. The first kappa shape index (κ1) is 9.83. The van der Waals surface area contributed by atoms with Gasteiger partial charge in [0.1, 0.15) is 0 Å². The molecule has 1 aliphatic heterocycles. The van der Waals surface area contributed by atoms with Crippen molar-refractivity contribution in [3.05, 3.63) is 10.4 Å². The van der Waals surface area contributed by atoms with E-state index in [1.807, 2.05) is 0 Å². The lowest BCUT2D eigenvalue weighted by Gasteiger charge is -2.14. The van der Waals surface area contributed by atoms with E-state index in [2.05, 4.69) is 10.0 Å². The van der Waals surface area contributed by atoms with Gasteiger partial charge in [0.2, 0.25) is 5.79 Å². The SMILES string of the molecule is CC1(C)OC(=O)[C@H](CCN=[N+]=[N-])O1. The molecule has 1 saturated heterocycles. The summed E-state index contributed by atoms with van der Waals surface area (Å²) in [7, 11) is 0. The van der Waals surface area contributed by atoms with Gasteiger partial charge in [-0.15, -0.1) is 0 Å². The van der Waals surface area contributed by atoms with Gasteiger partial charge < -0.3 is 9.47 Å². The van der Waals surface area contributed by atoms with Gasteiger partial charge in [-0.2, -0.15) is 0 Å². The van der Waals surface area contributed by atoms with Crippen LogP contribution in [-0.2, 0) is 14.3 Å². The summed E-state index contributed by atoms with van der Waals surface area (Å²) >= 11 is 0. The molecular weight excluding hydrogens is 174 g/mol. The summed E-state index contributed by atoms with van der Waals surface area (Å²) in [6, 6.07) is 0. The Morgan fingerprint density at radius 2 is 2.38 bits per heavy atom. The lowest BCUT2D eigenvalue weighted by molar-refractivity contribution is -0.160. The Labute approximate surface area is 75.4 Å². The number of azide groups is 1. The van der Waals surface area contributed by atoms with Crippen molar-refractivity contribution in [2.24, 2.45) is 5.11 Å². The second kappa shape index (κ2) is 3.64. The fourth-order valence-corrected chi connectivity index (χ4v) is 1.12. The smallest absolute Gasteiger partial charge is 0.337 e. The number of carbonyl (C=O) groups excluding carboxylic acids is 1. The van der Waals surface area contributed by atoms with Gasteiger partial charge in [0, 0.05) is 25.3 Å². The molecule has 0 aromatic heterocycles. The van der Waals surface area contributed by atoms with Crippen molar-refractivity contribution in [1.29, 1.82) is 0 Å². The predicted octanol–water partition coefficient (Wildman–Crippen LogP) is 1.36. The third kappa shape index (κ3) is 2.61. The van der Waals surface area contributed by atoms with Crippen LogP contribution >= 0.6 is 0 Å². The first-order valence-corrected chi connectivity index (χ1v) is 3.97. The highest BCUT2D eigenvalue weighted by Gasteiger charge is 2.40. The van der Waals surface area contributed by atoms with E-state index in [9.17, 15) is 4.79 Å². The second-order valence-electron chi connectivity index (χ2n) is 3.17. The second-order valence-corrected chi connectivity index (χ2v) is 3.17. The van der Waals surface area contributed by atoms with E-state index in [1.165, 1.54) is 0 Å². The molecule has 6 heteroatoms. The van der Waals surface area contributed by atoms with Crippen LogP contribution in [0.15, 0.2) is 5.11 Å². The minimum atomic E-state index is -0.849. The summed E-state index contributed by atoms with van der Waals surface area (Å²) in [5.74, 6) is -1.24. The number of carbonyl (C=O) groups is 1. The number of ether oxygens (including phenoxy) is 2. The van der Waals surface area contributed by atoms with E-state index in [0.29, 0.717) is 6.42 Å². The van der Waals surface area contributed by atoms with Crippen LogP contribution in [0.2, 0.25) is 0 Å². The molecule has 0 aromatic carbocycles. The number of hydrogen-bond acceptors (Lipinski definition) is 4. The Bertz CT molecular complexity index is 258. The molecule has 0 N–H and O–H groups in total. The lowest BCUT2D eigenvalue weighted by Crippen LogP contribution is -2.21. The van der Waals surface area contributed by atoms with Crippen LogP contribution in [0, 0.1) is 0 Å². The number of esters is 1. The zero-order valence-corrected chi connectivity index (χ0v) is 7.56. The van der Waals surface area contributed by atoms with E-state index in [0.717, 1.165) is 0 Å². The van der Waals surface area contributed by atoms with Crippen molar-refractivity contribution >= 4 is 5.97 Å². The largest absolute Gasteiger partial charge is 0.432 e. The molecule has 0 amide bonds. The molecule has 1 heterocycles. The van der Waals surface area contributed by atoms with E-state index >= 15 is 0 Å². The van der Waals surface area contributed by atoms with E-state index in [-0.39, 0.29) is 6.54 Å². The summed E-state index contributed by atoms with van der Waals surface area (Å²) in [4.78, 5) is 13.7. The quantitative estimate of drug-likeness (QED) is 0.288. The zero-order chi connectivity index (χ0) is 9.90. The molecule has 0 aliphatic carbocycles. The van der Waals surface area contributed by atoms with Gasteiger partial charge in [-0.3, -0.25) is 0 Å². The summed E-state index contributed by atoms with van der Waals surface area (Å²) < 4.78 is 10.1. The first-order valence-electron chi connectivity index (χ1n) is 3.97. The Balaban J connectivity index is 2.44. The highest BCUT2D eigenvalue weighted by molar-refractivity contribution is 5.76. The molecule has 0 aromatic rings. The maximum Gasteiger partial charge on any atom is 0.337 e. The predicted molar refractivity (Wildman–Crippen MR) is 43.7 cm³/mol. The maximum atomic E-state index is 11.1. The van der Waals surface area contributed by atoms with Crippen molar-refractivity contribution in [2.45, 2.75) is 32.2 Å². The zero-order valence-electron chi connectivity index (χ0n) is 7.56. The Hall–Kier alpha value is -1.26. The van der Waals surface area contributed by atoms with Gasteiger partial charge in [-0.25, -0.2) is 4.79 Å². The van der Waals surface area contributed by atoms with Crippen LogP contribution in [0.1, 0.15) is 20.3 Å². The average molecular weight is 185 g/mol. The van der Waals surface area contributed by atoms with E-state index in [1.54, 1.807) is 13.8 Å². The first-order chi connectivity index (χ1) is 6.05. The van der Waals surface area contributed by atoms with Crippen LogP contribution < -0.4 is 0 Å². The summed E-state index contributed by atoms with van der Waals surface area (Å²) in [5.41, 5.74) is 8.01. The van der Waals surface area contributed by atoms with E-state index < -0.39 is 17.9 Å². The van der Waals surface area contributed by atoms with Crippen molar-refractivity contribution in [3.8, 4) is 0 Å².